The van der Waals surface area contributed by atoms with Gasteiger partial charge in [0.1, 0.15) is 5.82 Å². The number of hydrogen-bond donors (Lipinski definition) is 0. The number of aromatic nitrogens is 3. The number of nitrogens with zero attached hydrogens (tertiary/aromatic N) is 4. The number of nitriles is 1. The van der Waals surface area contributed by atoms with E-state index in [0.29, 0.717) is 11.3 Å². The van der Waals surface area contributed by atoms with Gasteiger partial charge in [-0.25, -0.2) is 0 Å². The van der Waals surface area contributed by atoms with Crippen molar-refractivity contribution < 1.29 is 0 Å². The van der Waals surface area contributed by atoms with Crippen LogP contribution in [0.25, 0.3) is 5.69 Å². The average molecular weight is 320 g/mol. The van der Waals surface area contributed by atoms with Gasteiger partial charge in [-0.05, 0) is 37.6 Å². The van der Waals surface area contributed by atoms with Crippen LogP contribution in [0.5, 0.6) is 0 Å². The lowest BCUT2D eigenvalue weighted by Crippen LogP contribution is -1.99. The minimum absolute atomic E-state index is 0.688. The molecule has 0 aliphatic heterocycles. The zero-order valence-electron chi connectivity index (χ0n) is 13.0. The smallest absolute Gasteiger partial charge is 0.196 e. The van der Waals surface area contributed by atoms with Crippen LogP contribution in [0, 0.1) is 25.2 Å². The van der Waals surface area contributed by atoms with E-state index in [1.54, 1.807) is 11.8 Å². The molecule has 1 heterocycles. The van der Waals surface area contributed by atoms with Crippen LogP contribution in [0.2, 0.25) is 0 Å². The molecule has 2 aromatic carbocycles. The molecule has 3 rings (SSSR count). The van der Waals surface area contributed by atoms with Gasteiger partial charge in [0.2, 0.25) is 0 Å². The Morgan fingerprint density at radius 3 is 2.52 bits per heavy atom. The lowest BCUT2D eigenvalue weighted by molar-refractivity contribution is 0.867. The Bertz CT molecular complexity index is 859. The molecule has 0 amide bonds. The average Bonchev–Trinajstić information content (AvgIpc) is 2.95. The van der Waals surface area contributed by atoms with Gasteiger partial charge >= 0.3 is 0 Å². The van der Waals surface area contributed by atoms with Crippen molar-refractivity contribution >= 4 is 11.8 Å². The highest BCUT2D eigenvalue weighted by Gasteiger charge is 2.12. The maximum absolute atomic E-state index is 9.19. The van der Waals surface area contributed by atoms with Crippen molar-refractivity contribution in [3.63, 3.8) is 0 Å². The van der Waals surface area contributed by atoms with Crippen molar-refractivity contribution in [2.75, 3.05) is 0 Å². The predicted molar refractivity (Wildman–Crippen MR) is 91.6 cm³/mol. The molecule has 0 bridgehead atoms. The summed E-state index contributed by atoms with van der Waals surface area (Å²) in [6, 6.07) is 18.2. The first-order valence-electron chi connectivity index (χ1n) is 7.29. The summed E-state index contributed by atoms with van der Waals surface area (Å²) in [5.41, 5.74) is 3.99. The molecule has 5 heteroatoms. The van der Waals surface area contributed by atoms with E-state index in [2.05, 4.69) is 47.5 Å². The van der Waals surface area contributed by atoms with E-state index < -0.39 is 0 Å². The normalized spacial score (nSPS) is 10.5. The number of benzene rings is 2. The van der Waals surface area contributed by atoms with E-state index in [9.17, 15) is 5.26 Å². The van der Waals surface area contributed by atoms with E-state index in [-0.39, 0.29) is 0 Å². The minimum Gasteiger partial charge on any atom is -0.274 e. The second kappa shape index (κ2) is 6.67. The molecule has 0 atom stereocenters. The highest BCUT2D eigenvalue weighted by molar-refractivity contribution is 7.98. The van der Waals surface area contributed by atoms with Gasteiger partial charge in [0.15, 0.2) is 5.16 Å². The van der Waals surface area contributed by atoms with E-state index in [0.717, 1.165) is 22.2 Å². The molecule has 3 aromatic rings. The predicted octanol–water partition coefficient (Wildman–Crippen LogP) is 4.05. The summed E-state index contributed by atoms with van der Waals surface area (Å²) in [7, 11) is 0. The molecule has 0 unspecified atom stereocenters. The fourth-order valence-electron chi connectivity index (χ4n) is 2.33. The topological polar surface area (TPSA) is 54.5 Å². The van der Waals surface area contributed by atoms with Crippen molar-refractivity contribution in [2.24, 2.45) is 0 Å². The van der Waals surface area contributed by atoms with Crippen LogP contribution in [-0.4, -0.2) is 14.8 Å². The first-order valence-corrected chi connectivity index (χ1v) is 8.27. The Kier molecular flexibility index (Phi) is 4.45. The van der Waals surface area contributed by atoms with Crippen LogP contribution in [0.15, 0.2) is 53.7 Å². The second-order valence-electron chi connectivity index (χ2n) is 5.26. The summed E-state index contributed by atoms with van der Waals surface area (Å²) in [6.45, 7) is 4.01. The van der Waals surface area contributed by atoms with Gasteiger partial charge in [-0.15, -0.1) is 10.2 Å². The van der Waals surface area contributed by atoms with E-state index in [4.69, 9.17) is 0 Å². The fraction of sp³-hybridized carbons (Fsp3) is 0.167. The third-order valence-corrected chi connectivity index (χ3v) is 4.56. The quantitative estimate of drug-likeness (QED) is 0.681. The van der Waals surface area contributed by atoms with Gasteiger partial charge in [-0.3, -0.25) is 4.57 Å². The van der Waals surface area contributed by atoms with Crippen LogP contribution >= 0.6 is 11.8 Å². The van der Waals surface area contributed by atoms with E-state index in [1.807, 2.05) is 35.8 Å². The second-order valence-corrected chi connectivity index (χ2v) is 6.20. The Hall–Kier alpha value is -2.58. The maximum Gasteiger partial charge on any atom is 0.196 e. The van der Waals surface area contributed by atoms with Gasteiger partial charge in [-0.2, -0.15) is 5.26 Å². The molecule has 0 N–H and O–H groups in total. The molecule has 1 aromatic heterocycles. The summed E-state index contributed by atoms with van der Waals surface area (Å²) < 4.78 is 2.04. The summed E-state index contributed by atoms with van der Waals surface area (Å²) in [4.78, 5) is 0. The maximum atomic E-state index is 9.19. The van der Waals surface area contributed by atoms with E-state index in [1.165, 1.54) is 5.56 Å². The molecule has 0 saturated carbocycles. The van der Waals surface area contributed by atoms with Crippen LogP contribution in [0.3, 0.4) is 0 Å². The van der Waals surface area contributed by atoms with E-state index >= 15 is 0 Å². The Morgan fingerprint density at radius 1 is 1.04 bits per heavy atom. The van der Waals surface area contributed by atoms with Gasteiger partial charge in [0, 0.05) is 11.4 Å². The molecule has 114 valence electrons. The Labute approximate surface area is 139 Å². The molecule has 4 nitrogen and oxygen atoms in total. The van der Waals surface area contributed by atoms with Crippen molar-refractivity contribution in [3.8, 4) is 11.8 Å². The van der Waals surface area contributed by atoms with Crippen LogP contribution in [-0.2, 0) is 5.75 Å². The van der Waals surface area contributed by atoms with Crippen LogP contribution in [0.1, 0.15) is 22.5 Å². The Balaban J connectivity index is 1.87. The standard InChI is InChI=1S/C18H16N4S/c1-13-7-9-17(10-8-13)22-14(2)20-21-18(22)23-12-16-6-4-3-5-15(16)11-19/h3-10H,12H2,1-2H3. The molecule has 0 radical (unpaired) electrons. The number of aryl methyl sites for hydroxylation is 2. The van der Waals surface area contributed by atoms with Gasteiger partial charge in [-0.1, -0.05) is 47.7 Å². The highest BCUT2D eigenvalue weighted by atomic mass is 32.2. The van der Waals surface area contributed by atoms with Gasteiger partial charge < -0.3 is 0 Å². The summed E-state index contributed by atoms with van der Waals surface area (Å²) in [6.07, 6.45) is 0. The van der Waals surface area contributed by atoms with Gasteiger partial charge in [0.25, 0.3) is 0 Å². The first kappa shape index (κ1) is 15.3. The number of thioether (sulfide) groups is 1. The lowest BCUT2D eigenvalue weighted by Gasteiger charge is -2.09. The summed E-state index contributed by atoms with van der Waals surface area (Å²) >= 11 is 1.59. The monoisotopic (exact) mass is 320 g/mol. The molecule has 0 fully saturated rings. The third kappa shape index (κ3) is 3.27. The van der Waals surface area contributed by atoms with Crippen molar-refractivity contribution in [1.82, 2.24) is 14.8 Å². The molecule has 23 heavy (non-hydrogen) atoms. The SMILES string of the molecule is Cc1ccc(-n2c(C)nnc2SCc2ccccc2C#N)cc1. The molecule has 0 aliphatic rings. The number of rotatable bonds is 4. The molecular weight excluding hydrogens is 304 g/mol. The third-order valence-electron chi connectivity index (χ3n) is 3.58. The van der Waals surface area contributed by atoms with Crippen LogP contribution in [0.4, 0.5) is 0 Å². The molecule has 0 saturated heterocycles. The van der Waals surface area contributed by atoms with Crippen molar-refractivity contribution in [2.45, 2.75) is 24.8 Å². The summed E-state index contributed by atoms with van der Waals surface area (Å²) in [5.74, 6) is 1.54. The fourth-order valence-corrected chi connectivity index (χ4v) is 3.33. The van der Waals surface area contributed by atoms with Crippen LogP contribution < -0.4 is 0 Å². The molecule has 0 aliphatic carbocycles. The zero-order chi connectivity index (χ0) is 16.2. The molecule has 0 spiro atoms. The first-order chi connectivity index (χ1) is 11.2. The van der Waals surface area contributed by atoms with Crippen molar-refractivity contribution in [1.29, 1.82) is 5.26 Å². The Morgan fingerprint density at radius 2 is 1.78 bits per heavy atom. The molecular formula is C18H16N4S. The van der Waals surface area contributed by atoms with Crippen molar-refractivity contribution in [3.05, 3.63) is 71.0 Å². The minimum atomic E-state index is 0.688. The largest absolute Gasteiger partial charge is 0.274 e. The number of hydrogen-bond acceptors (Lipinski definition) is 4. The van der Waals surface area contributed by atoms with Gasteiger partial charge in [0.05, 0.1) is 11.6 Å². The lowest BCUT2D eigenvalue weighted by atomic mass is 10.1. The summed E-state index contributed by atoms with van der Waals surface area (Å²) in [5, 5.41) is 18.5. The zero-order valence-corrected chi connectivity index (χ0v) is 13.8. The highest BCUT2D eigenvalue weighted by Crippen LogP contribution is 2.26.